The zero-order chi connectivity index (χ0) is 15.1. The van der Waals surface area contributed by atoms with Crippen molar-refractivity contribution in [2.75, 3.05) is 19.0 Å². The third-order valence-electron chi connectivity index (χ3n) is 2.66. The summed E-state index contributed by atoms with van der Waals surface area (Å²) in [6.45, 7) is 2.11. The molecule has 0 saturated carbocycles. The van der Waals surface area contributed by atoms with Gasteiger partial charge in [-0.3, -0.25) is 0 Å². The van der Waals surface area contributed by atoms with Crippen LogP contribution in [0, 0.1) is 6.92 Å². The Bertz CT molecular complexity index is 493. The van der Waals surface area contributed by atoms with E-state index in [9.17, 15) is 9.59 Å². The summed E-state index contributed by atoms with van der Waals surface area (Å²) in [5.74, 6) is -1.09. The topological polar surface area (TPSA) is 87.7 Å². The summed E-state index contributed by atoms with van der Waals surface area (Å²) in [4.78, 5) is 22.8. The molecule has 1 unspecified atom stereocenters. The van der Waals surface area contributed by atoms with Gasteiger partial charge >= 0.3 is 12.0 Å². The first kappa shape index (κ1) is 16.5. The van der Waals surface area contributed by atoms with Gasteiger partial charge in [-0.05, 0) is 24.6 Å². The normalized spacial score (nSPS) is 11.8. The number of urea groups is 1. The lowest BCUT2D eigenvalue weighted by atomic mass is 10.2. The van der Waals surface area contributed by atoms with Crippen molar-refractivity contribution < 1.29 is 19.4 Å². The Morgan fingerprint density at radius 2 is 2.15 bits per heavy atom. The van der Waals surface area contributed by atoms with Crippen LogP contribution in [-0.4, -0.2) is 36.9 Å². The van der Waals surface area contributed by atoms with E-state index in [1.807, 2.05) is 19.1 Å². The van der Waals surface area contributed by atoms with E-state index in [0.29, 0.717) is 5.69 Å². The Morgan fingerprint density at radius 1 is 1.45 bits per heavy atom. The third-order valence-corrected chi connectivity index (χ3v) is 3.16. The molecule has 1 rings (SSSR count). The molecule has 0 fully saturated rings. The zero-order valence-corrected chi connectivity index (χ0v) is 12.9. The van der Waals surface area contributed by atoms with Crippen molar-refractivity contribution in [3.8, 4) is 0 Å². The number of amides is 2. The van der Waals surface area contributed by atoms with Crippen LogP contribution < -0.4 is 10.6 Å². The Balaban J connectivity index is 2.65. The number of ether oxygens (including phenoxy) is 1. The minimum Gasteiger partial charge on any atom is -0.480 e. The fraction of sp³-hybridized carbons (Fsp3) is 0.385. The number of hydrogen-bond donors (Lipinski definition) is 3. The molecule has 0 aliphatic heterocycles. The van der Waals surface area contributed by atoms with Gasteiger partial charge in [0, 0.05) is 30.3 Å². The third kappa shape index (κ3) is 5.18. The number of carbonyl (C=O) groups excluding carboxylic acids is 1. The lowest BCUT2D eigenvalue weighted by Crippen LogP contribution is -2.43. The van der Waals surface area contributed by atoms with Crippen molar-refractivity contribution in [2.24, 2.45) is 0 Å². The van der Waals surface area contributed by atoms with E-state index in [1.165, 1.54) is 7.11 Å². The van der Waals surface area contributed by atoms with E-state index in [0.717, 1.165) is 10.0 Å². The standard InChI is InChI=1S/C13H17BrN2O4/c1-8-3-4-9(14)7-11(8)16-13(19)15-10(12(17)18)5-6-20-2/h3-4,7,10H,5-6H2,1-2H3,(H,17,18)(H2,15,16,19). The average molecular weight is 345 g/mol. The molecule has 2 amide bonds. The molecule has 7 heteroatoms. The van der Waals surface area contributed by atoms with E-state index in [2.05, 4.69) is 26.6 Å². The number of anilines is 1. The molecular weight excluding hydrogens is 328 g/mol. The number of carboxylic acid groups (broad SMARTS) is 1. The Kier molecular flexibility index (Phi) is 6.47. The maximum Gasteiger partial charge on any atom is 0.326 e. The zero-order valence-electron chi connectivity index (χ0n) is 11.3. The molecule has 1 atom stereocenters. The van der Waals surface area contributed by atoms with Crippen LogP contribution in [0.25, 0.3) is 0 Å². The second-order valence-electron chi connectivity index (χ2n) is 4.23. The molecule has 110 valence electrons. The fourth-order valence-corrected chi connectivity index (χ4v) is 1.90. The van der Waals surface area contributed by atoms with Crippen molar-refractivity contribution in [2.45, 2.75) is 19.4 Å². The lowest BCUT2D eigenvalue weighted by molar-refractivity contribution is -0.139. The van der Waals surface area contributed by atoms with E-state index in [-0.39, 0.29) is 13.0 Å². The minimum absolute atomic E-state index is 0.205. The highest BCUT2D eigenvalue weighted by Gasteiger charge is 2.19. The summed E-state index contributed by atoms with van der Waals surface area (Å²) < 4.78 is 5.64. The number of aryl methyl sites for hydroxylation is 1. The number of aliphatic carboxylic acids is 1. The van der Waals surface area contributed by atoms with Gasteiger partial charge in [-0.15, -0.1) is 0 Å². The summed E-state index contributed by atoms with van der Waals surface area (Å²) in [5, 5.41) is 14.0. The maximum absolute atomic E-state index is 11.8. The van der Waals surface area contributed by atoms with Gasteiger partial charge in [0.1, 0.15) is 6.04 Å². The lowest BCUT2D eigenvalue weighted by Gasteiger charge is -2.15. The van der Waals surface area contributed by atoms with Crippen LogP contribution in [0.3, 0.4) is 0 Å². The Hall–Kier alpha value is -1.60. The van der Waals surface area contributed by atoms with Crippen molar-refractivity contribution in [1.29, 1.82) is 0 Å². The number of methoxy groups -OCH3 is 1. The van der Waals surface area contributed by atoms with Crippen LogP contribution in [0.1, 0.15) is 12.0 Å². The minimum atomic E-state index is -1.09. The van der Waals surface area contributed by atoms with Crippen LogP contribution in [0.15, 0.2) is 22.7 Å². The van der Waals surface area contributed by atoms with Gasteiger partial charge in [0.2, 0.25) is 0 Å². The molecule has 20 heavy (non-hydrogen) atoms. The van der Waals surface area contributed by atoms with Crippen molar-refractivity contribution in [3.05, 3.63) is 28.2 Å². The van der Waals surface area contributed by atoms with Gasteiger partial charge in [-0.1, -0.05) is 22.0 Å². The van der Waals surface area contributed by atoms with Gasteiger partial charge in [-0.25, -0.2) is 9.59 Å². The van der Waals surface area contributed by atoms with E-state index >= 15 is 0 Å². The van der Waals surface area contributed by atoms with Crippen molar-refractivity contribution >= 4 is 33.6 Å². The van der Waals surface area contributed by atoms with Crippen LogP contribution in [-0.2, 0) is 9.53 Å². The SMILES string of the molecule is COCCC(NC(=O)Nc1cc(Br)ccc1C)C(=O)O. The molecule has 0 heterocycles. The van der Waals surface area contributed by atoms with E-state index in [4.69, 9.17) is 9.84 Å². The van der Waals surface area contributed by atoms with Crippen LogP contribution in [0.4, 0.5) is 10.5 Å². The number of hydrogen-bond acceptors (Lipinski definition) is 3. The van der Waals surface area contributed by atoms with Gasteiger partial charge in [0.05, 0.1) is 0 Å². The van der Waals surface area contributed by atoms with Crippen LogP contribution in [0.5, 0.6) is 0 Å². The number of benzene rings is 1. The summed E-state index contributed by atoms with van der Waals surface area (Å²) in [7, 11) is 1.48. The molecule has 0 radical (unpaired) electrons. The fourth-order valence-electron chi connectivity index (χ4n) is 1.54. The molecular formula is C13H17BrN2O4. The first-order valence-corrected chi connectivity index (χ1v) is 6.78. The van der Waals surface area contributed by atoms with Gasteiger partial charge in [0.25, 0.3) is 0 Å². The van der Waals surface area contributed by atoms with E-state index < -0.39 is 18.0 Å². The number of carboxylic acids is 1. The molecule has 1 aromatic rings. The van der Waals surface area contributed by atoms with Crippen molar-refractivity contribution in [3.63, 3.8) is 0 Å². The van der Waals surface area contributed by atoms with Gasteiger partial charge in [-0.2, -0.15) is 0 Å². The second kappa shape index (κ2) is 7.86. The highest BCUT2D eigenvalue weighted by Crippen LogP contribution is 2.20. The summed E-state index contributed by atoms with van der Waals surface area (Å²) >= 11 is 3.31. The highest BCUT2D eigenvalue weighted by molar-refractivity contribution is 9.10. The molecule has 0 bridgehead atoms. The number of carbonyl (C=O) groups is 2. The number of rotatable bonds is 6. The Labute approximate surface area is 125 Å². The monoisotopic (exact) mass is 344 g/mol. The molecule has 1 aromatic carbocycles. The van der Waals surface area contributed by atoms with Crippen LogP contribution >= 0.6 is 15.9 Å². The van der Waals surface area contributed by atoms with E-state index in [1.54, 1.807) is 6.07 Å². The average Bonchev–Trinajstić information content (AvgIpc) is 2.38. The molecule has 3 N–H and O–H groups in total. The number of halogens is 1. The second-order valence-corrected chi connectivity index (χ2v) is 5.15. The number of nitrogens with one attached hydrogen (secondary N) is 2. The molecule has 0 spiro atoms. The predicted molar refractivity (Wildman–Crippen MR) is 79.0 cm³/mol. The Morgan fingerprint density at radius 3 is 2.75 bits per heavy atom. The largest absolute Gasteiger partial charge is 0.480 e. The molecule has 6 nitrogen and oxygen atoms in total. The first-order chi connectivity index (χ1) is 9.43. The van der Waals surface area contributed by atoms with Gasteiger partial charge < -0.3 is 20.5 Å². The van der Waals surface area contributed by atoms with Gasteiger partial charge in [0.15, 0.2) is 0 Å². The molecule has 0 aliphatic carbocycles. The first-order valence-electron chi connectivity index (χ1n) is 5.99. The highest BCUT2D eigenvalue weighted by atomic mass is 79.9. The maximum atomic E-state index is 11.8. The molecule has 0 aromatic heterocycles. The molecule has 0 aliphatic rings. The smallest absolute Gasteiger partial charge is 0.326 e. The summed E-state index contributed by atoms with van der Waals surface area (Å²) in [6.07, 6.45) is 0.205. The summed E-state index contributed by atoms with van der Waals surface area (Å²) in [6, 6.07) is 3.91. The van der Waals surface area contributed by atoms with Crippen molar-refractivity contribution in [1.82, 2.24) is 5.32 Å². The summed E-state index contributed by atoms with van der Waals surface area (Å²) in [5.41, 5.74) is 1.50. The quantitative estimate of drug-likeness (QED) is 0.739. The van der Waals surface area contributed by atoms with Crippen LogP contribution in [0.2, 0.25) is 0 Å². The molecule has 0 saturated heterocycles. The predicted octanol–water partition coefficient (Wildman–Crippen LogP) is 2.37.